The zero-order valence-corrected chi connectivity index (χ0v) is 11.9. The van der Waals surface area contributed by atoms with Crippen LogP contribution in [0.1, 0.15) is 19.3 Å². The summed E-state index contributed by atoms with van der Waals surface area (Å²) in [5.74, 6) is 4.96. The van der Waals surface area contributed by atoms with Gasteiger partial charge in [-0.3, -0.25) is 15.1 Å². The van der Waals surface area contributed by atoms with Crippen LogP contribution in [0, 0.1) is 0 Å². The Morgan fingerprint density at radius 2 is 2.16 bits per heavy atom. The normalized spacial score (nSPS) is 16.6. The van der Waals surface area contributed by atoms with E-state index in [4.69, 9.17) is 5.84 Å². The van der Waals surface area contributed by atoms with E-state index in [1.54, 1.807) is 11.3 Å². The van der Waals surface area contributed by atoms with Crippen LogP contribution in [0.25, 0.3) is 0 Å². The Labute approximate surface area is 117 Å². The lowest BCUT2D eigenvalue weighted by Gasteiger charge is -2.34. The summed E-state index contributed by atoms with van der Waals surface area (Å²) in [6, 6.07) is 0. The van der Waals surface area contributed by atoms with Gasteiger partial charge in [0.25, 0.3) is 0 Å². The molecule has 6 nitrogen and oxygen atoms in total. The molecule has 1 fully saturated rings. The van der Waals surface area contributed by atoms with Crippen molar-refractivity contribution in [3.05, 3.63) is 11.6 Å². The second-order valence-electron chi connectivity index (χ2n) is 4.67. The third kappa shape index (κ3) is 4.45. The molecule has 0 unspecified atom stereocenters. The van der Waals surface area contributed by atoms with Gasteiger partial charge in [0.1, 0.15) is 0 Å². The number of rotatable bonds is 6. The zero-order chi connectivity index (χ0) is 13.5. The van der Waals surface area contributed by atoms with Crippen LogP contribution in [-0.2, 0) is 4.79 Å². The van der Waals surface area contributed by atoms with Crippen molar-refractivity contribution in [1.29, 1.82) is 0 Å². The van der Waals surface area contributed by atoms with Crippen molar-refractivity contribution in [3.8, 4) is 0 Å². The van der Waals surface area contributed by atoms with E-state index in [-0.39, 0.29) is 5.91 Å². The maximum absolute atomic E-state index is 11.0. The quantitative estimate of drug-likeness (QED) is 0.343. The molecule has 106 valence electrons. The highest BCUT2D eigenvalue weighted by molar-refractivity contribution is 7.13. The Kier molecular flexibility index (Phi) is 5.56. The smallest absolute Gasteiger partial charge is 0.233 e. The van der Waals surface area contributed by atoms with Crippen LogP contribution in [0.5, 0.6) is 0 Å². The zero-order valence-electron chi connectivity index (χ0n) is 11.0. The second-order valence-corrected chi connectivity index (χ2v) is 5.54. The number of piperazine rings is 1. The molecule has 0 atom stereocenters. The lowest BCUT2D eigenvalue weighted by Crippen LogP contribution is -2.46. The molecule has 2 rings (SSSR count). The van der Waals surface area contributed by atoms with E-state index in [0.29, 0.717) is 6.42 Å². The fourth-order valence-electron chi connectivity index (χ4n) is 2.23. The highest BCUT2D eigenvalue weighted by atomic mass is 32.1. The van der Waals surface area contributed by atoms with E-state index in [1.165, 1.54) is 0 Å². The summed E-state index contributed by atoms with van der Waals surface area (Å²) in [5, 5.41) is 3.14. The van der Waals surface area contributed by atoms with E-state index in [2.05, 4.69) is 20.2 Å². The first-order valence-electron chi connectivity index (χ1n) is 6.66. The van der Waals surface area contributed by atoms with Crippen molar-refractivity contribution < 1.29 is 4.79 Å². The van der Waals surface area contributed by atoms with Gasteiger partial charge in [-0.1, -0.05) is 0 Å². The highest BCUT2D eigenvalue weighted by Gasteiger charge is 2.17. The van der Waals surface area contributed by atoms with Gasteiger partial charge in [0, 0.05) is 44.2 Å². The number of unbranched alkanes of at least 4 members (excludes halogenated alkanes) is 1. The van der Waals surface area contributed by atoms with Gasteiger partial charge in [-0.25, -0.2) is 10.8 Å². The largest absolute Gasteiger partial charge is 0.346 e. The molecule has 19 heavy (non-hydrogen) atoms. The topological polar surface area (TPSA) is 74.5 Å². The first-order valence-corrected chi connectivity index (χ1v) is 7.54. The van der Waals surface area contributed by atoms with Gasteiger partial charge in [0.2, 0.25) is 5.91 Å². The Hall–Kier alpha value is -1.18. The van der Waals surface area contributed by atoms with Crippen LogP contribution in [0.15, 0.2) is 11.6 Å². The summed E-state index contributed by atoms with van der Waals surface area (Å²) in [7, 11) is 0. The van der Waals surface area contributed by atoms with Crippen molar-refractivity contribution in [2.24, 2.45) is 5.84 Å². The van der Waals surface area contributed by atoms with Crippen LogP contribution in [0.4, 0.5) is 5.13 Å². The molecule has 0 bridgehead atoms. The molecule has 1 aromatic rings. The van der Waals surface area contributed by atoms with E-state index in [9.17, 15) is 4.79 Å². The number of hydrogen-bond donors (Lipinski definition) is 2. The average Bonchev–Trinajstić information content (AvgIpc) is 2.98. The molecule has 1 saturated heterocycles. The molecular formula is C12H21N5OS. The number of carbonyl (C=O) groups excluding carboxylic acids is 1. The number of nitrogens with zero attached hydrogens (tertiary/aromatic N) is 3. The highest BCUT2D eigenvalue weighted by Crippen LogP contribution is 2.18. The summed E-state index contributed by atoms with van der Waals surface area (Å²) in [5.41, 5.74) is 2.16. The first-order chi connectivity index (χ1) is 9.29. The van der Waals surface area contributed by atoms with Crippen LogP contribution >= 0.6 is 11.3 Å². The van der Waals surface area contributed by atoms with Crippen molar-refractivity contribution in [1.82, 2.24) is 15.3 Å². The standard InChI is InChI=1S/C12H21N5OS/c13-15-11(18)3-1-2-5-16-6-8-17(9-7-16)12-14-4-10-19-12/h4,10H,1-3,5-9,13H2,(H,15,18). The first kappa shape index (κ1) is 14.2. The molecule has 0 spiro atoms. The molecule has 1 aromatic heterocycles. The second kappa shape index (κ2) is 7.42. The molecule has 0 aliphatic carbocycles. The van der Waals surface area contributed by atoms with Crippen molar-refractivity contribution in [3.63, 3.8) is 0 Å². The number of hydrogen-bond acceptors (Lipinski definition) is 6. The molecule has 1 aliphatic rings. The summed E-state index contributed by atoms with van der Waals surface area (Å²) < 4.78 is 0. The number of hydrazine groups is 1. The SMILES string of the molecule is NNC(=O)CCCCN1CCN(c2nccs2)CC1. The fourth-order valence-corrected chi connectivity index (χ4v) is 2.92. The van der Waals surface area contributed by atoms with Gasteiger partial charge in [0.15, 0.2) is 5.13 Å². The Bertz CT molecular complexity index is 375. The minimum atomic E-state index is -0.0754. The van der Waals surface area contributed by atoms with Crippen LogP contribution in [0.2, 0.25) is 0 Å². The summed E-state index contributed by atoms with van der Waals surface area (Å²) in [6.45, 7) is 5.28. The van der Waals surface area contributed by atoms with E-state index < -0.39 is 0 Å². The Morgan fingerprint density at radius 1 is 1.37 bits per heavy atom. The number of anilines is 1. The van der Waals surface area contributed by atoms with Crippen molar-refractivity contribution in [2.45, 2.75) is 19.3 Å². The number of nitrogens with one attached hydrogen (secondary N) is 1. The Balaban J connectivity index is 1.60. The minimum Gasteiger partial charge on any atom is -0.346 e. The monoisotopic (exact) mass is 283 g/mol. The van der Waals surface area contributed by atoms with Gasteiger partial charge >= 0.3 is 0 Å². The van der Waals surface area contributed by atoms with Crippen LogP contribution < -0.4 is 16.2 Å². The Morgan fingerprint density at radius 3 is 2.79 bits per heavy atom. The molecule has 1 aliphatic heterocycles. The maximum atomic E-state index is 11.0. The molecule has 7 heteroatoms. The fraction of sp³-hybridized carbons (Fsp3) is 0.667. The van der Waals surface area contributed by atoms with Gasteiger partial charge < -0.3 is 4.90 Å². The van der Waals surface area contributed by atoms with E-state index >= 15 is 0 Å². The lowest BCUT2D eigenvalue weighted by molar-refractivity contribution is -0.121. The summed E-state index contributed by atoms with van der Waals surface area (Å²) in [4.78, 5) is 20.1. The molecule has 2 heterocycles. The predicted octanol–water partition coefficient (Wildman–Crippen LogP) is 0.425. The molecule has 0 aromatic carbocycles. The molecule has 0 radical (unpaired) electrons. The summed E-state index contributed by atoms with van der Waals surface area (Å²) >= 11 is 1.70. The number of nitrogens with two attached hydrogens (primary N) is 1. The van der Waals surface area contributed by atoms with Crippen molar-refractivity contribution >= 4 is 22.4 Å². The van der Waals surface area contributed by atoms with E-state index in [1.807, 2.05) is 11.6 Å². The van der Waals surface area contributed by atoms with Gasteiger partial charge in [0.05, 0.1) is 0 Å². The van der Waals surface area contributed by atoms with Gasteiger partial charge in [-0.15, -0.1) is 11.3 Å². The molecule has 1 amide bonds. The lowest BCUT2D eigenvalue weighted by atomic mass is 10.2. The molecular weight excluding hydrogens is 262 g/mol. The third-order valence-corrected chi connectivity index (χ3v) is 4.18. The molecule has 3 N–H and O–H groups in total. The predicted molar refractivity (Wildman–Crippen MR) is 76.9 cm³/mol. The van der Waals surface area contributed by atoms with Gasteiger partial charge in [-0.2, -0.15) is 0 Å². The van der Waals surface area contributed by atoms with Gasteiger partial charge in [-0.05, 0) is 19.4 Å². The van der Waals surface area contributed by atoms with Crippen LogP contribution in [0.3, 0.4) is 0 Å². The average molecular weight is 283 g/mol. The summed E-state index contributed by atoms with van der Waals surface area (Å²) in [6.07, 6.45) is 4.32. The number of thiazole rings is 1. The molecule has 0 saturated carbocycles. The minimum absolute atomic E-state index is 0.0754. The number of aromatic nitrogens is 1. The third-order valence-electron chi connectivity index (χ3n) is 3.35. The van der Waals surface area contributed by atoms with Crippen molar-refractivity contribution in [2.75, 3.05) is 37.6 Å². The van der Waals surface area contributed by atoms with E-state index in [0.717, 1.165) is 50.7 Å². The number of carbonyl (C=O) groups is 1. The van der Waals surface area contributed by atoms with Crippen LogP contribution in [-0.4, -0.2) is 48.5 Å². The number of amides is 1. The maximum Gasteiger partial charge on any atom is 0.233 e.